The largest absolute Gasteiger partial charge is 0.478 e. The fourth-order valence-corrected chi connectivity index (χ4v) is 1.09. The van der Waals surface area contributed by atoms with Gasteiger partial charge in [0, 0.05) is 18.8 Å². The number of anilines is 1. The van der Waals surface area contributed by atoms with Crippen molar-refractivity contribution in [3.8, 4) is 0 Å². The molecule has 0 atom stereocenters. The Kier molecular flexibility index (Phi) is 3.76. The van der Waals surface area contributed by atoms with E-state index < -0.39 is 10.9 Å². The van der Waals surface area contributed by atoms with Crippen LogP contribution in [0, 0.1) is 10.1 Å². The number of rotatable bonds is 5. The number of carboxylic acids is 1. The smallest absolute Gasteiger partial charge is 0.337 e. The Morgan fingerprint density at radius 3 is 2.88 bits per heavy atom. The standard InChI is InChI=1S/C9H11N3O4/c1-2-3-10-8-7(12(15)16)4-6(5-11-8)9(13)14/h4-5H,2-3H2,1H3,(H,10,11)(H,13,14). The fourth-order valence-electron chi connectivity index (χ4n) is 1.09. The summed E-state index contributed by atoms with van der Waals surface area (Å²) < 4.78 is 0. The first-order valence-electron chi connectivity index (χ1n) is 4.67. The van der Waals surface area contributed by atoms with E-state index in [9.17, 15) is 14.9 Å². The molecule has 0 bridgehead atoms. The molecule has 0 aliphatic carbocycles. The van der Waals surface area contributed by atoms with Crippen LogP contribution < -0.4 is 5.32 Å². The Morgan fingerprint density at radius 2 is 2.38 bits per heavy atom. The summed E-state index contributed by atoms with van der Waals surface area (Å²) in [7, 11) is 0. The number of nitrogens with zero attached hydrogens (tertiary/aromatic N) is 2. The Hall–Kier alpha value is -2.18. The fraction of sp³-hybridized carbons (Fsp3) is 0.333. The predicted molar refractivity (Wildman–Crippen MR) is 56.6 cm³/mol. The van der Waals surface area contributed by atoms with Crippen LogP contribution in [0.4, 0.5) is 11.5 Å². The van der Waals surface area contributed by atoms with Gasteiger partial charge in [0.15, 0.2) is 0 Å². The van der Waals surface area contributed by atoms with Crippen molar-refractivity contribution in [3.63, 3.8) is 0 Å². The van der Waals surface area contributed by atoms with E-state index in [0.29, 0.717) is 6.54 Å². The number of aromatic carboxylic acids is 1. The Bertz CT molecular complexity index is 419. The lowest BCUT2D eigenvalue weighted by Crippen LogP contribution is -2.07. The summed E-state index contributed by atoms with van der Waals surface area (Å²) in [5, 5.41) is 22.1. The minimum Gasteiger partial charge on any atom is -0.478 e. The van der Waals surface area contributed by atoms with Crippen molar-refractivity contribution in [3.05, 3.63) is 27.9 Å². The van der Waals surface area contributed by atoms with E-state index in [4.69, 9.17) is 5.11 Å². The highest BCUT2D eigenvalue weighted by Gasteiger charge is 2.18. The zero-order chi connectivity index (χ0) is 12.1. The molecule has 16 heavy (non-hydrogen) atoms. The summed E-state index contributed by atoms with van der Waals surface area (Å²) in [6.07, 6.45) is 1.88. The summed E-state index contributed by atoms with van der Waals surface area (Å²) in [4.78, 5) is 24.4. The highest BCUT2D eigenvalue weighted by molar-refractivity contribution is 5.88. The van der Waals surface area contributed by atoms with Gasteiger partial charge in [-0.15, -0.1) is 0 Å². The molecule has 0 unspecified atom stereocenters. The van der Waals surface area contributed by atoms with Gasteiger partial charge in [0.2, 0.25) is 5.82 Å². The highest BCUT2D eigenvalue weighted by atomic mass is 16.6. The van der Waals surface area contributed by atoms with Crippen LogP contribution >= 0.6 is 0 Å². The van der Waals surface area contributed by atoms with Crippen LogP contribution in [-0.2, 0) is 0 Å². The normalized spacial score (nSPS) is 9.81. The second-order valence-corrected chi connectivity index (χ2v) is 3.08. The molecule has 0 aromatic carbocycles. The molecule has 7 nitrogen and oxygen atoms in total. The molecule has 1 aromatic rings. The third-order valence-electron chi connectivity index (χ3n) is 1.85. The van der Waals surface area contributed by atoms with Crippen LogP contribution in [0.2, 0.25) is 0 Å². The van der Waals surface area contributed by atoms with E-state index in [1.807, 2.05) is 6.92 Å². The molecule has 0 amide bonds. The monoisotopic (exact) mass is 225 g/mol. The van der Waals surface area contributed by atoms with E-state index in [2.05, 4.69) is 10.3 Å². The van der Waals surface area contributed by atoms with Crippen LogP contribution in [0.15, 0.2) is 12.3 Å². The Labute approximate surface area is 91.3 Å². The number of hydrogen-bond donors (Lipinski definition) is 2. The maximum absolute atomic E-state index is 10.7. The van der Waals surface area contributed by atoms with Crippen LogP contribution in [0.5, 0.6) is 0 Å². The topological polar surface area (TPSA) is 105 Å². The number of carboxylic acid groups (broad SMARTS) is 1. The quantitative estimate of drug-likeness (QED) is 0.581. The van der Waals surface area contributed by atoms with Gasteiger partial charge >= 0.3 is 11.7 Å². The second kappa shape index (κ2) is 5.06. The Balaban J connectivity index is 3.09. The molecule has 0 spiro atoms. The van der Waals surface area contributed by atoms with E-state index in [0.717, 1.165) is 18.7 Å². The van der Waals surface area contributed by atoms with Gasteiger partial charge in [-0.1, -0.05) is 6.92 Å². The number of hydrogen-bond acceptors (Lipinski definition) is 5. The summed E-state index contributed by atoms with van der Waals surface area (Å²) >= 11 is 0. The van der Waals surface area contributed by atoms with Crippen LogP contribution in [0.1, 0.15) is 23.7 Å². The first-order chi connectivity index (χ1) is 7.56. The SMILES string of the molecule is CCCNc1ncc(C(=O)O)cc1[N+](=O)[O-]. The number of pyridine rings is 1. The molecule has 7 heteroatoms. The zero-order valence-electron chi connectivity index (χ0n) is 8.64. The number of carbonyl (C=O) groups is 1. The van der Waals surface area contributed by atoms with Gasteiger partial charge in [0.1, 0.15) is 0 Å². The van der Waals surface area contributed by atoms with Gasteiger partial charge in [-0.3, -0.25) is 10.1 Å². The first kappa shape index (κ1) is 11.9. The molecular formula is C9H11N3O4. The van der Waals surface area contributed by atoms with E-state index >= 15 is 0 Å². The maximum atomic E-state index is 10.7. The van der Waals surface area contributed by atoms with Crippen molar-refractivity contribution in [1.82, 2.24) is 4.98 Å². The summed E-state index contributed by atoms with van der Waals surface area (Å²) in [5.74, 6) is -1.14. The number of aromatic nitrogens is 1. The molecule has 0 aliphatic rings. The van der Waals surface area contributed by atoms with Crippen LogP contribution in [0.25, 0.3) is 0 Å². The molecule has 86 valence electrons. The second-order valence-electron chi connectivity index (χ2n) is 3.08. The van der Waals surface area contributed by atoms with Crippen molar-refractivity contribution < 1.29 is 14.8 Å². The minimum atomic E-state index is -1.24. The number of nitro groups is 1. The zero-order valence-corrected chi connectivity index (χ0v) is 8.64. The van der Waals surface area contributed by atoms with Crippen LogP contribution in [-0.4, -0.2) is 27.5 Å². The molecule has 0 radical (unpaired) electrons. The third kappa shape index (κ3) is 2.66. The number of nitrogens with one attached hydrogen (secondary N) is 1. The average molecular weight is 225 g/mol. The van der Waals surface area contributed by atoms with Crippen LogP contribution in [0.3, 0.4) is 0 Å². The van der Waals surface area contributed by atoms with Gasteiger partial charge in [0.25, 0.3) is 0 Å². The molecule has 0 aliphatic heterocycles. The summed E-state index contributed by atoms with van der Waals surface area (Å²) in [6.45, 7) is 2.45. The highest BCUT2D eigenvalue weighted by Crippen LogP contribution is 2.22. The van der Waals surface area contributed by atoms with E-state index in [1.165, 1.54) is 0 Å². The van der Waals surface area contributed by atoms with Crippen molar-refractivity contribution in [2.45, 2.75) is 13.3 Å². The van der Waals surface area contributed by atoms with Gasteiger partial charge in [-0.25, -0.2) is 9.78 Å². The van der Waals surface area contributed by atoms with Crippen molar-refractivity contribution >= 4 is 17.5 Å². The van der Waals surface area contributed by atoms with Gasteiger partial charge in [-0.05, 0) is 6.42 Å². The third-order valence-corrected chi connectivity index (χ3v) is 1.85. The molecule has 1 aromatic heterocycles. The van der Waals surface area contributed by atoms with Gasteiger partial charge in [0.05, 0.1) is 10.5 Å². The molecule has 2 N–H and O–H groups in total. The minimum absolute atomic E-state index is 0.0943. The summed E-state index contributed by atoms with van der Waals surface area (Å²) in [6, 6.07) is 0.993. The molecule has 0 fully saturated rings. The lowest BCUT2D eigenvalue weighted by Gasteiger charge is -2.04. The average Bonchev–Trinajstić information content (AvgIpc) is 2.25. The van der Waals surface area contributed by atoms with Gasteiger partial charge < -0.3 is 10.4 Å². The molecule has 0 saturated heterocycles. The van der Waals surface area contributed by atoms with Gasteiger partial charge in [-0.2, -0.15) is 0 Å². The van der Waals surface area contributed by atoms with Crippen molar-refractivity contribution in [1.29, 1.82) is 0 Å². The molecule has 1 rings (SSSR count). The first-order valence-corrected chi connectivity index (χ1v) is 4.67. The lowest BCUT2D eigenvalue weighted by atomic mass is 10.2. The van der Waals surface area contributed by atoms with Crippen molar-refractivity contribution in [2.75, 3.05) is 11.9 Å². The maximum Gasteiger partial charge on any atom is 0.337 e. The van der Waals surface area contributed by atoms with E-state index in [-0.39, 0.29) is 17.1 Å². The molecular weight excluding hydrogens is 214 g/mol. The summed E-state index contributed by atoms with van der Waals surface area (Å²) in [5.41, 5.74) is -0.526. The predicted octanol–water partition coefficient (Wildman–Crippen LogP) is 1.51. The molecule has 1 heterocycles. The Morgan fingerprint density at radius 1 is 1.69 bits per heavy atom. The molecule has 0 saturated carbocycles. The lowest BCUT2D eigenvalue weighted by molar-refractivity contribution is -0.384. The van der Waals surface area contributed by atoms with Crippen molar-refractivity contribution in [2.24, 2.45) is 0 Å². The van der Waals surface area contributed by atoms with E-state index in [1.54, 1.807) is 0 Å².